The van der Waals surface area contributed by atoms with Crippen LogP contribution in [0.25, 0.3) is 0 Å². The average molecular weight is 281 g/mol. The average Bonchev–Trinajstić information content (AvgIpc) is 2.79. The molecule has 0 amide bonds. The molecular formula is C16H25ClN2. The van der Waals surface area contributed by atoms with Crippen molar-refractivity contribution in [3.63, 3.8) is 0 Å². The van der Waals surface area contributed by atoms with E-state index in [0.29, 0.717) is 12.0 Å². The van der Waals surface area contributed by atoms with Crippen LogP contribution in [-0.2, 0) is 0 Å². The Morgan fingerprint density at radius 1 is 1.53 bits per heavy atom. The minimum atomic E-state index is 0.141. The lowest BCUT2D eigenvalue weighted by molar-refractivity contribution is 0.0554. The molecule has 0 radical (unpaired) electrons. The number of nitrogens with zero attached hydrogens (tertiary/aromatic N) is 1. The van der Waals surface area contributed by atoms with E-state index in [-0.39, 0.29) is 5.54 Å². The number of rotatable bonds is 4. The summed E-state index contributed by atoms with van der Waals surface area (Å²) in [7, 11) is 2.21. The third-order valence-corrected chi connectivity index (χ3v) is 5.37. The minimum Gasteiger partial charge on any atom is -0.329 e. The molecule has 0 aliphatic heterocycles. The molecule has 2 nitrogen and oxygen atoms in total. The van der Waals surface area contributed by atoms with Crippen LogP contribution in [0.2, 0.25) is 5.02 Å². The second-order valence-corrected chi connectivity index (χ2v) is 6.38. The van der Waals surface area contributed by atoms with Crippen LogP contribution in [0.15, 0.2) is 24.3 Å². The molecule has 1 aliphatic rings. The molecule has 3 atom stereocenters. The van der Waals surface area contributed by atoms with Gasteiger partial charge in [0.2, 0.25) is 0 Å². The van der Waals surface area contributed by atoms with Gasteiger partial charge in [0.1, 0.15) is 0 Å². The van der Waals surface area contributed by atoms with Crippen LogP contribution in [0.1, 0.15) is 44.7 Å². The Balaban J connectivity index is 2.25. The van der Waals surface area contributed by atoms with Gasteiger partial charge in [0.15, 0.2) is 0 Å². The van der Waals surface area contributed by atoms with Crippen LogP contribution < -0.4 is 5.73 Å². The van der Waals surface area contributed by atoms with Crippen LogP contribution in [0.3, 0.4) is 0 Å². The van der Waals surface area contributed by atoms with Gasteiger partial charge in [-0.3, -0.25) is 4.90 Å². The molecule has 3 unspecified atom stereocenters. The molecule has 0 aromatic heterocycles. The van der Waals surface area contributed by atoms with E-state index < -0.39 is 0 Å². The fraction of sp³-hybridized carbons (Fsp3) is 0.625. The van der Waals surface area contributed by atoms with Gasteiger partial charge in [0.05, 0.1) is 0 Å². The van der Waals surface area contributed by atoms with Gasteiger partial charge in [-0.1, -0.05) is 37.1 Å². The van der Waals surface area contributed by atoms with Crippen molar-refractivity contribution in [2.24, 2.45) is 11.7 Å². The largest absolute Gasteiger partial charge is 0.329 e. The predicted molar refractivity (Wildman–Crippen MR) is 82.4 cm³/mol. The van der Waals surface area contributed by atoms with Crippen molar-refractivity contribution >= 4 is 11.6 Å². The fourth-order valence-electron chi connectivity index (χ4n) is 3.58. The molecule has 0 spiro atoms. The van der Waals surface area contributed by atoms with Crippen LogP contribution in [-0.4, -0.2) is 24.0 Å². The molecule has 19 heavy (non-hydrogen) atoms. The zero-order valence-electron chi connectivity index (χ0n) is 12.2. The smallest absolute Gasteiger partial charge is 0.0409 e. The SMILES string of the molecule is CC(c1cccc(Cl)c1)N(C)C1(CN)CCCC1C. The Kier molecular flexibility index (Phi) is 4.54. The van der Waals surface area contributed by atoms with Gasteiger partial charge < -0.3 is 5.73 Å². The first-order valence-corrected chi connectivity index (χ1v) is 7.57. The number of benzene rings is 1. The Morgan fingerprint density at radius 2 is 2.26 bits per heavy atom. The van der Waals surface area contributed by atoms with Crippen molar-refractivity contribution in [3.8, 4) is 0 Å². The van der Waals surface area contributed by atoms with E-state index in [1.807, 2.05) is 12.1 Å². The summed E-state index contributed by atoms with van der Waals surface area (Å²) < 4.78 is 0. The van der Waals surface area contributed by atoms with E-state index in [4.69, 9.17) is 17.3 Å². The van der Waals surface area contributed by atoms with Crippen molar-refractivity contribution in [1.82, 2.24) is 4.90 Å². The van der Waals surface area contributed by atoms with Crippen LogP contribution >= 0.6 is 11.6 Å². The highest BCUT2D eigenvalue weighted by Gasteiger charge is 2.44. The van der Waals surface area contributed by atoms with Crippen LogP contribution in [0.5, 0.6) is 0 Å². The molecule has 0 heterocycles. The van der Waals surface area contributed by atoms with E-state index in [9.17, 15) is 0 Å². The maximum Gasteiger partial charge on any atom is 0.0409 e. The molecular weight excluding hydrogens is 256 g/mol. The van der Waals surface area contributed by atoms with Gasteiger partial charge in [-0.25, -0.2) is 0 Å². The summed E-state index contributed by atoms with van der Waals surface area (Å²) in [4.78, 5) is 2.47. The van der Waals surface area contributed by atoms with E-state index in [0.717, 1.165) is 11.6 Å². The standard InChI is InChI=1S/C16H25ClN2/c1-12-6-5-9-16(12,11-18)19(3)13(2)14-7-4-8-15(17)10-14/h4,7-8,10,12-13H,5-6,9,11,18H2,1-3H3. The Bertz CT molecular complexity index is 435. The van der Waals surface area contributed by atoms with E-state index >= 15 is 0 Å². The second kappa shape index (κ2) is 5.82. The first-order valence-electron chi connectivity index (χ1n) is 7.20. The molecule has 0 saturated heterocycles. The lowest BCUT2D eigenvalue weighted by Gasteiger charge is -2.45. The van der Waals surface area contributed by atoms with E-state index in [1.165, 1.54) is 24.8 Å². The van der Waals surface area contributed by atoms with Crippen molar-refractivity contribution in [1.29, 1.82) is 0 Å². The monoisotopic (exact) mass is 280 g/mol. The van der Waals surface area contributed by atoms with Gasteiger partial charge >= 0.3 is 0 Å². The Labute approximate surface area is 121 Å². The van der Waals surface area contributed by atoms with E-state index in [2.05, 4.69) is 37.9 Å². The minimum absolute atomic E-state index is 0.141. The molecule has 1 saturated carbocycles. The van der Waals surface area contributed by atoms with Gasteiger partial charge in [-0.2, -0.15) is 0 Å². The lowest BCUT2D eigenvalue weighted by atomic mass is 9.85. The summed E-state index contributed by atoms with van der Waals surface area (Å²) >= 11 is 6.11. The third kappa shape index (κ3) is 2.67. The number of likely N-dealkylation sites (N-methyl/N-ethyl adjacent to an activating group) is 1. The van der Waals surface area contributed by atoms with E-state index in [1.54, 1.807) is 0 Å². The molecule has 106 valence electrons. The first kappa shape index (κ1) is 14.8. The predicted octanol–water partition coefficient (Wildman–Crippen LogP) is 3.85. The van der Waals surface area contributed by atoms with Crippen LogP contribution in [0, 0.1) is 5.92 Å². The first-order chi connectivity index (χ1) is 9.01. The van der Waals surface area contributed by atoms with Gasteiger partial charge in [-0.15, -0.1) is 0 Å². The molecule has 1 fully saturated rings. The zero-order chi connectivity index (χ0) is 14.0. The van der Waals surface area contributed by atoms with Crippen molar-refractivity contribution in [2.45, 2.75) is 44.7 Å². The summed E-state index contributed by atoms with van der Waals surface area (Å²) in [5, 5.41) is 0.805. The maximum atomic E-state index is 6.14. The highest BCUT2D eigenvalue weighted by Crippen LogP contribution is 2.42. The zero-order valence-corrected chi connectivity index (χ0v) is 13.0. The molecule has 1 aromatic carbocycles. The quantitative estimate of drug-likeness (QED) is 0.908. The van der Waals surface area contributed by atoms with Crippen LogP contribution in [0.4, 0.5) is 0 Å². The van der Waals surface area contributed by atoms with Gasteiger partial charge in [-0.05, 0) is 50.4 Å². The number of halogens is 1. The lowest BCUT2D eigenvalue weighted by Crippen LogP contribution is -2.54. The number of nitrogens with two attached hydrogens (primary N) is 1. The van der Waals surface area contributed by atoms with Crippen molar-refractivity contribution in [3.05, 3.63) is 34.9 Å². The summed E-state index contributed by atoms with van der Waals surface area (Å²) in [6.07, 6.45) is 3.76. The fourth-order valence-corrected chi connectivity index (χ4v) is 3.78. The number of hydrogen-bond donors (Lipinski definition) is 1. The molecule has 0 bridgehead atoms. The molecule has 2 N–H and O–H groups in total. The Morgan fingerprint density at radius 3 is 2.79 bits per heavy atom. The summed E-state index contributed by atoms with van der Waals surface area (Å²) in [5.41, 5.74) is 7.54. The molecule has 3 heteroatoms. The summed E-state index contributed by atoms with van der Waals surface area (Å²) in [6.45, 7) is 5.31. The molecule has 2 rings (SSSR count). The normalized spacial score (nSPS) is 28.8. The third-order valence-electron chi connectivity index (χ3n) is 5.13. The van der Waals surface area contributed by atoms with Crippen molar-refractivity contribution < 1.29 is 0 Å². The maximum absolute atomic E-state index is 6.14. The highest BCUT2D eigenvalue weighted by molar-refractivity contribution is 6.30. The molecule has 1 aromatic rings. The number of hydrogen-bond acceptors (Lipinski definition) is 2. The topological polar surface area (TPSA) is 29.3 Å². The Hall–Kier alpha value is -0.570. The summed E-state index contributed by atoms with van der Waals surface area (Å²) in [5.74, 6) is 0.657. The van der Waals surface area contributed by atoms with Gasteiger partial charge in [0.25, 0.3) is 0 Å². The van der Waals surface area contributed by atoms with Crippen molar-refractivity contribution in [2.75, 3.05) is 13.6 Å². The summed E-state index contributed by atoms with van der Waals surface area (Å²) in [6, 6.07) is 8.50. The molecule has 1 aliphatic carbocycles. The second-order valence-electron chi connectivity index (χ2n) is 5.94. The van der Waals surface area contributed by atoms with Gasteiger partial charge in [0, 0.05) is 23.1 Å². The highest BCUT2D eigenvalue weighted by atomic mass is 35.5.